The summed E-state index contributed by atoms with van der Waals surface area (Å²) in [5.74, 6) is 0.901. The minimum absolute atomic E-state index is 0.361. The number of hydrogen-bond donors (Lipinski definition) is 1. The summed E-state index contributed by atoms with van der Waals surface area (Å²) in [7, 11) is 0. The van der Waals surface area contributed by atoms with Crippen LogP contribution in [0.4, 0.5) is 5.82 Å². The zero-order valence-corrected chi connectivity index (χ0v) is 9.89. The third kappa shape index (κ3) is 2.66. The molecule has 2 heterocycles. The Hall–Kier alpha value is -1.69. The number of nitrogen functional groups attached to an aromatic ring is 1. The fourth-order valence-corrected chi connectivity index (χ4v) is 1.42. The first-order valence-electron chi connectivity index (χ1n) is 4.53. The van der Waals surface area contributed by atoms with Gasteiger partial charge in [0.15, 0.2) is 11.6 Å². The summed E-state index contributed by atoms with van der Waals surface area (Å²) in [6.45, 7) is 0.364. The second-order valence-electron chi connectivity index (χ2n) is 3.07. The maximum absolute atomic E-state index is 5.67. The lowest BCUT2D eigenvalue weighted by Gasteiger charge is -2.07. The van der Waals surface area contributed by atoms with Gasteiger partial charge in [-0.15, -0.1) is 0 Å². The zero-order valence-electron chi connectivity index (χ0n) is 8.30. The molecular weight excluding hydrogens is 272 g/mol. The van der Waals surface area contributed by atoms with Crippen LogP contribution in [0.1, 0.15) is 5.56 Å². The van der Waals surface area contributed by atoms with Gasteiger partial charge in [0.05, 0.1) is 0 Å². The molecule has 0 unspecified atom stereocenters. The predicted molar refractivity (Wildman–Crippen MR) is 62.7 cm³/mol. The lowest BCUT2D eigenvalue weighted by atomic mass is 10.3. The second kappa shape index (κ2) is 4.89. The van der Waals surface area contributed by atoms with E-state index in [1.807, 2.05) is 0 Å². The summed E-state index contributed by atoms with van der Waals surface area (Å²) < 4.78 is 6.33. The normalized spacial score (nSPS) is 10.1. The summed E-state index contributed by atoms with van der Waals surface area (Å²) in [6.07, 6.45) is 6.47. The molecule has 2 aromatic heterocycles. The van der Waals surface area contributed by atoms with Crippen LogP contribution in [0.3, 0.4) is 0 Å². The fraction of sp³-hybridized carbons (Fsp3) is 0.100. The summed E-state index contributed by atoms with van der Waals surface area (Å²) in [5, 5.41) is 0. The van der Waals surface area contributed by atoms with Crippen LogP contribution in [0, 0.1) is 0 Å². The number of aromatic nitrogens is 3. The average molecular weight is 281 g/mol. The van der Waals surface area contributed by atoms with Gasteiger partial charge in [0, 0.05) is 28.6 Å². The van der Waals surface area contributed by atoms with E-state index in [9.17, 15) is 0 Å². The number of nitrogens with two attached hydrogens (primary N) is 1. The molecule has 0 atom stereocenters. The van der Waals surface area contributed by atoms with Crippen LogP contribution in [0.5, 0.6) is 5.75 Å². The summed E-state index contributed by atoms with van der Waals surface area (Å²) >= 11 is 3.30. The Labute approximate surface area is 101 Å². The molecule has 16 heavy (non-hydrogen) atoms. The van der Waals surface area contributed by atoms with Crippen molar-refractivity contribution in [1.29, 1.82) is 0 Å². The topological polar surface area (TPSA) is 73.9 Å². The van der Waals surface area contributed by atoms with Crippen molar-refractivity contribution in [3.05, 3.63) is 41.0 Å². The van der Waals surface area contributed by atoms with E-state index in [-0.39, 0.29) is 0 Å². The average Bonchev–Trinajstić information content (AvgIpc) is 2.32. The number of hydrogen-bond acceptors (Lipinski definition) is 5. The Kier molecular flexibility index (Phi) is 3.31. The molecule has 5 nitrogen and oxygen atoms in total. The van der Waals surface area contributed by atoms with Crippen molar-refractivity contribution in [2.45, 2.75) is 6.61 Å². The second-order valence-corrected chi connectivity index (χ2v) is 3.99. The minimum Gasteiger partial charge on any atom is -0.485 e. The number of pyridine rings is 1. The molecule has 0 amide bonds. The van der Waals surface area contributed by atoms with E-state index in [1.165, 1.54) is 6.33 Å². The molecule has 0 aliphatic heterocycles. The van der Waals surface area contributed by atoms with Crippen molar-refractivity contribution in [2.24, 2.45) is 0 Å². The standard InChI is InChI=1S/C10H9BrN4O/c11-8-1-9(10(12)15-4-8)16-5-7-2-13-6-14-3-7/h1-4,6H,5H2,(H2,12,15). The van der Waals surface area contributed by atoms with Gasteiger partial charge in [0.2, 0.25) is 0 Å². The molecule has 0 saturated carbocycles. The lowest BCUT2D eigenvalue weighted by Crippen LogP contribution is -2.01. The Morgan fingerprint density at radius 2 is 2.00 bits per heavy atom. The number of ether oxygens (including phenoxy) is 1. The Morgan fingerprint density at radius 3 is 2.75 bits per heavy atom. The van der Waals surface area contributed by atoms with Crippen molar-refractivity contribution < 1.29 is 4.74 Å². The first-order valence-corrected chi connectivity index (χ1v) is 5.32. The van der Waals surface area contributed by atoms with Gasteiger partial charge >= 0.3 is 0 Å². The van der Waals surface area contributed by atoms with Gasteiger partial charge in [-0.2, -0.15) is 0 Å². The molecule has 0 bridgehead atoms. The van der Waals surface area contributed by atoms with Gasteiger partial charge in [-0.1, -0.05) is 0 Å². The highest BCUT2D eigenvalue weighted by Gasteiger charge is 2.03. The highest BCUT2D eigenvalue weighted by atomic mass is 79.9. The highest BCUT2D eigenvalue weighted by Crippen LogP contribution is 2.23. The SMILES string of the molecule is Nc1ncc(Br)cc1OCc1cncnc1. The molecule has 0 spiro atoms. The molecule has 2 rings (SSSR count). The van der Waals surface area contributed by atoms with E-state index in [2.05, 4.69) is 30.9 Å². The molecule has 0 saturated heterocycles. The maximum atomic E-state index is 5.67. The molecule has 0 aliphatic carbocycles. The van der Waals surface area contributed by atoms with Gasteiger partial charge in [-0.3, -0.25) is 0 Å². The van der Waals surface area contributed by atoms with E-state index in [1.54, 1.807) is 24.7 Å². The van der Waals surface area contributed by atoms with Crippen molar-refractivity contribution in [3.63, 3.8) is 0 Å². The van der Waals surface area contributed by atoms with Crippen LogP contribution in [0.15, 0.2) is 35.5 Å². The fourth-order valence-electron chi connectivity index (χ4n) is 1.11. The van der Waals surface area contributed by atoms with Gasteiger partial charge < -0.3 is 10.5 Å². The molecule has 0 aromatic carbocycles. The summed E-state index contributed by atoms with van der Waals surface area (Å²) in [5.41, 5.74) is 6.54. The van der Waals surface area contributed by atoms with E-state index in [0.717, 1.165) is 10.0 Å². The van der Waals surface area contributed by atoms with Crippen LogP contribution < -0.4 is 10.5 Å². The highest BCUT2D eigenvalue weighted by molar-refractivity contribution is 9.10. The third-order valence-corrected chi connectivity index (χ3v) is 2.29. The number of nitrogens with zero attached hydrogens (tertiary/aromatic N) is 3. The molecule has 0 fully saturated rings. The van der Waals surface area contributed by atoms with Crippen LogP contribution in [-0.2, 0) is 6.61 Å². The van der Waals surface area contributed by atoms with E-state index >= 15 is 0 Å². The van der Waals surface area contributed by atoms with Crippen LogP contribution >= 0.6 is 15.9 Å². The Balaban J connectivity index is 2.08. The molecule has 0 aliphatic rings. The first kappa shape index (κ1) is 10.8. The van der Waals surface area contributed by atoms with Gasteiger partial charge in [-0.25, -0.2) is 15.0 Å². The Bertz CT molecular complexity index is 478. The molecule has 2 N–H and O–H groups in total. The smallest absolute Gasteiger partial charge is 0.166 e. The third-order valence-electron chi connectivity index (χ3n) is 1.86. The molecule has 2 aromatic rings. The van der Waals surface area contributed by atoms with E-state index in [4.69, 9.17) is 10.5 Å². The Morgan fingerprint density at radius 1 is 1.25 bits per heavy atom. The minimum atomic E-state index is 0.361. The molecule has 0 radical (unpaired) electrons. The maximum Gasteiger partial charge on any atom is 0.166 e. The van der Waals surface area contributed by atoms with Crippen molar-refractivity contribution in [2.75, 3.05) is 5.73 Å². The monoisotopic (exact) mass is 280 g/mol. The molecule has 82 valence electrons. The van der Waals surface area contributed by atoms with Gasteiger partial charge in [0.1, 0.15) is 12.9 Å². The van der Waals surface area contributed by atoms with Crippen molar-refractivity contribution in [1.82, 2.24) is 15.0 Å². The largest absolute Gasteiger partial charge is 0.485 e. The lowest BCUT2D eigenvalue weighted by molar-refractivity contribution is 0.305. The number of halogens is 1. The zero-order chi connectivity index (χ0) is 11.4. The van der Waals surface area contributed by atoms with Crippen molar-refractivity contribution >= 4 is 21.7 Å². The molecule has 6 heteroatoms. The first-order chi connectivity index (χ1) is 7.75. The van der Waals surface area contributed by atoms with Gasteiger partial charge in [-0.05, 0) is 22.0 Å². The van der Waals surface area contributed by atoms with Crippen molar-refractivity contribution in [3.8, 4) is 5.75 Å². The van der Waals surface area contributed by atoms with Crippen LogP contribution in [0.2, 0.25) is 0 Å². The van der Waals surface area contributed by atoms with Gasteiger partial charge in [0.25, 0.3) is 0 Å². The number of anilines is 1. The molecular formula is C10H9BrN4O. The van der Waals surface area contributed by atoms with Crippen LogP contribution in [-0.4, -0.2) is 15.0 Å². The summed E-state index contributed by atoms with van der Waals surface area (Å²) in [4.78, 5) is 11.7. The van der Waals surface area contributed by atoms with E-state index in [0.29, 0.717) is 18.2 Å². The summed E-state index contributed by atoms with van der Waals surface area (Å²) in [6, 6.07) is 1.77. The quantitative estimate of drug-likeness (QED) is 0.928. The van der Waals surface area contributed by atoms with Crippen LogP contribution in [0.25, 0.3) is 0 Å². The number of rotatable bonds is 3. The predicted octanol–water partition coefficient (Wildman–Crippen LogP) is 1.80. The van der Waals surface area contributed by atoms with E-state index < -0.39 is 0 Å².